The highest BCUT2D eigenvalue weighted by molar-refractivity contribution is 5.83. The third-order valence-electron chi connectivity index (χ3n) is 3.07. The maximum atomic E-state index is 11.8. The fraction of sp³-hybridized carbons (Fsp3) is 0.636. The Morgan fingerprint density at radius 1 is 1.62 bits per heavy atom. The van der Waals surface area contributed by atoms with E-state index in [1.165, 1.54) is 5.56 Å². The van der Waals surface area contributed by atoms with Crippen molar-refractivity contribution in [3.63, 3.8) is 0 Å². The van der Waals surface area contributed by atoms with Crippen LogP contribution in [-0.4, -0.2) is 46.8 Å². The SMILES string of the molecule is CNC1CCN(CCc2cnn(C)c2)C1=O. The first kappa shape index (κ1) is 11.1. The van der Waals surface area contributed by atoms with Gasteiger partial charge in [0.2, 0.25) is 5.91 Å². The number of nitrogens with one attached hydrogen (secondary N) is 1. The van der Waals surface area contributed by atoms with Crippen molar-refractivity contribution in [3.8, 4) is 0 Å². The first-order valence-corrected chi connectivity index (χ1v) is 5.64. The lowest BCUT2D eigenvalue weighted by Gasteiger charge is -2.15. The van der Waals surface area contributed by atoms with Gasteiger partial charge in [-0.3, -0.25) is 9.48 Å². The zero-order valence-electron chi connectivity index (χ0n) is 9.81. The van der Waals surface area contributed by atoms with E-state index in [1.807, 2.05) is 31.4 Å². The van der Waals surface area contributed by atoms with Crippen LogP contribution >= 0.6 is 0 Å². The van der Waals surface area contributed by atoms with Crippen molar-refractivity contribution in [2.24, 2.45) is 7.05 Å². The molecule has 0 spiro atoms. The Morgan fingerprint density at radius 3 is 3.00 bits per heavy atom. The molecule has 5 nitrogen and oxygen atoms in total. The van der Waals surface area contributed by atoms with Gasteiger partial charge >= 0.3 is 0 Å². The molecule has 2 rings (SSSR count). The van der Waals surface area contributed by atoms with E-state index in [1.54, 1.807) is 4.68 Å². The van der Waals surface area contributed by atoms with Crippen LogP contribution in [0.3, 0.4) is 0 Å². The number of carbonyl (C=O) groups is 1. The molecule has 16 heavy (non-hydrogen) atoms. The average molecular weight is 222 g/mol. The summed E-state index contributed by atoms with van der Waals surface area (Å²) in [5.74, 6) is 0.228. The Hall–Kier alpha value is -1.36. The normalized spacial score (nSPS) is 20.8. The fourth-order valence-corrected chi connectivity index (χ4v) is 2.09. The summed E-state index contributed by atoms with van der Waals surface area (Å²) in [5, 5.41) is 7.15. The summed E-state index contributed by atoms with van der Waals surface area (Å²) in [6, 6.07) is 0.0221. The maximum Gasteiger partial charge on any atom is 0.239 e. The molecule has 0 bridgehead atoms. The van der Waals surface area contributed by atoms with Crippen molar-refractivity contribution in [2.45, 2.75) is 18.9 Å². The summed E-state index contributed by atoms with van der Waals surface area (Å²) < 4.78 is 1.79. The van der Waals surface area contributed by atoms with E-state index in [0.29, 0.717) is 0 Å². The lowest BCUT2D eigenvalue weighted by molar-refractivity contribution is -0.129. The van der Waals surface area contributed by atoms with E-state index in [0.717, 1.165) is 25.9 Å². The Morgan fingerprint density at radius 2 is 2.44 bits per heavy atom. The second-order valence-corrected chi connectivity index (χ2v) is 4.23. The minimum absolute atomic E-state index is 0.0221. The Balaban J connectivity index is 1.85. The van der Waals surface area contributed by atoms with Crippen LogP contribution in [0.1, 0.15) is 12.0 Å². The van der Waals surface area contributed by atoms with Crippen molar-refractivity contribution in [2.75, 3.05) is 20.1 Å². The Labute approximate surface area is 95.4 Å². The number of aryl methyl sites for hydroxylation is 1. The molecule has 1 aliphatic rings. The zero-order valence-corrected chi connectivity index (χ0v) is 9.81. The van der Waals surface area contributed by atoms with E-state index >= 15 is 0 Å². The third-order valence-corrected chi connectivity index (χ3v) is 3.07. The molecule has 0 aromatic carbocycles. The van der Waals surface area contributed by atoms with E-state index in [-0.39, 0.29) is 11.9 Å². The molecule has 1 aliphatic heterocycles. The van der Waals surface area contributed by atoms with Crippen molar-refractivity contribution < 1.29 is 4.79 Å². The minimum atomic E-state index is 0.0221. The number of likely N-dealkylation sites (tertiary alicyclic amines) is 1. The molecule has 5 heteroatoms. The van der Waals surface area contributed by atoms with Gasteiger partial charge in [0.15, 0.2) is 0 Å². The first-order chi connectivity index (χ1) is 7.70. The molecule has 0 radical (unpaired) electrons. The van der Waals surface area contributed by atoms with Gasteiger partial charge in [0.25, 0.3) is 0 Å². The molecule has 1 unspecified atom stereocenters. The number of aromatic nitrogens is 2. The van der Waals surface area contributed by atoms with Crippen LogP contribution in [0.25, 0.3) is 0 Å². The van der Waals surface area contributed by atoms with Gasteiger partial charge in [-0.05, 0) is 25.5 Å². The summed E-state index contributed by atoms with van der Waals surface area (Å²) in [6.07, 6.45) is 5.66. The van der Waals surface area contributed by atoms with Gasteiger partial charge in [0.1, 0.15) is 0 Å². The molecule has 0 saturated carbocycles. The fourth-order valence-electron chi connectivity index (χ4n) is 2.09. The monoisotopic (exact) mass is 222 g/mol. The van der Waals surface area contributed by atoms with Gasteiger partial charge in [-0.1, -0.05) is 0 Å². The van der Waals surface area contributed by atoms with Crippen LogP contribution in [0.4, 0.5) is 0 Å². The molecule has 88 valence electrons. The molecule has 1 amide bonds. The number of hydrogen-bond donors (Lipinski definition) is 1. The van der Waals surface area contributed by atoms with Crippen LogP contribution in [0.2, 0.25) is 0 Å². The summed E-state index contributed by atoms with van der Waals surface area (Å²) in [4.78, 5) is 13.7. The van der Waals surface area contributed by atoms with Crippen molar-refractivity contribution >= 4 is 5.91 Å². The zero-order chi connectivity index (χ0) is 11.5. The van der Waals surface area contributed by atoms with Crippen LogP contribution in [0, 0.1) is 0 Å². The second kappa shape index (κ2) is 4.65. The van der Waals surface area contributed by atoms with Gasteiger partial charge in [-0.15, -0.1) is 0 Å². The number of nitrogens with zero attached hydrogens (tertiary/aromatic N) is 3. The van der Waals surface area contributed by atoms with Gasteiger partial charge in [-0.25, -0.2) is 0 Å². The highest BCUT2D eigenvalue weighted by Gasteiger charge is 2.29. The van der Waals surface area contributed by atoms with E-state index < -0.39 is 0 Å². The smallest absolute Gasteiger partial charge is 0.239 e. The molecule has 1 aromatic heterocycles. The number of likely N-dealkylation sites (N-methyl/N-ethyl adjacent to an activating group) is 1. The third kappa shape index (κ3) is 2.24. The van der Waals surface area contributed by atoms with Gasteiger partial charge in [-0.2, -0.15) is 5.10 Å². The van der Waals surface area contributed by atoms with Crippen molar-refractivity contribution in [3.05, 3.63) is 18.0 Å². The Kier molecular flexibility index (Phi) is 3.24. The minimum Gasteiger partial charge on any atom is -0.341 e. The number of amides is 1. The van der Waals surface area contributed by atoms with Crippen LogP contribution in [-0.2, 0) is 18.3 Å². The highest BCUT2D eigenvalue weighted by atomic mass is 16.2. The predicted octanol–water partition coefficient (Wildman–Crippen LogP) is -0.217. The largest absolute Gasteiger partial charge is 0.341 e. The summed E-state index contributed by atoms with van der Waals surface area (Å²) in [6.45, 7) is 1.66. The van der Waals surface area contributed by atoms with E-state index in [2.05, 4.69) is 10.4 Å². The highest BCUT2D eigenvalue weighted by Crippen LogP contribution is 2.11. The lowest BCUT2D eigenvalue weighted by atomic mass is 10.2. The van der Waals surface area contributed by atoms with Crippen LogP contribution < -0.4 is 5.32 Å². The predicted molar refractivity (Wildman–Crippen MR) is 61.0 cm³/mol. The second-order valence-electron chi connectivity index (χ2n) is 4.23. The molecule has 0 aliphatic carbocycles. The van der Waals surface area contributed by atoms with Gasteiger partial charge in [0, 0.05) is 26.3 Å². The number of carbonyl (C=O) groups excluding carboxylic acids is 1. The Bertz CT molecular complexity index is 374. The molecule has 1 aromatic rings. The quantitative estimate of drug-likeness (QED) is 0.766. The molecule has 1 N–H and O–H groups in total. The molecule has 1 saturated heterocycles. The standard InChI is InChI=1S/C11H18N4O/c1-12-10-4-6-15(11(10)16)5-3-9-7-13-14(2)8-9/h7-8,10,12H,3-6H2,1-2H3. The number of hydrogen-bond acceptors (Lipinski definition) is 3. The van der Waals surface area contributed by atoms with Gasteiger partial charge in [0.05, 0.1) is 12.2 Å². The summed E-state index contributed by atoms with van der Waals surface area (Å²) >= 11 is 0. The average Bonchev–Trinajstić information content (AvgIpc) is 2.83. The molecular formula is C11H18N4O. The summed E-state index contributed by atoms with van der Waals surface area (Å²) in [7, 11) is 3.74. The molecular weight excluding hydrogens is 204 g/mol. The maximum absolute atomic E-state index is 11.8. The van der Waals surface area contributed by atoms with E-state index in [4.69, 9.17) is 0 Å². The van der Waals surface area contributed by atoms with E-state index in [9.17, 15) is 4.79 Å². The lowest BCUT2D eigenvalue weighted by Crippen LogP contribution is -2.37. The molecule has 2 heterocycles. The van der Waals surface area contributed by atoms with Crippen LogP contribution in [0.15, 0.2) is 12.4 Å². The van der Waals surface area contributed by atoms with Gasteiger partial charge < -0.3 is 10.2 Å². The van der Waals surface area contributed by atoms with Crippen LogP contribution in [0.5, 0.6) is 0 Å². The first-order valence-electron chi connectivity index (χ1n) is 5.64. The molecule has 1 fully saturated rings. The number of rotatable bonds is 4. The molecule has 1 atom stereocenters. The topological polar surface area (TPSA) is 50.2 Å². The summed E-state index contributed by atoms with van der Waals surface area (Å²) in [5.41, 5.74) is 1.18. The van der Waals surface area contributed by atoms with Crippen molar-refractivity contribution in [1.29, 1.82) is 0 Å². The van der Waals surface area contributed by atoms with Crippen molar-refractivity contribution in [1.82, 2.24) is 20.0 Å².